The first-order chi connectivity index (χ1) is 7.86. The molecule has 3 rings (SSSR count). The van der Waals surface area contributed by atoms with Crippen molar-refractivity contribution in [3.05, 3.63) is 37.1 Å². The van der Waals surface area contributed by atoms with Crippen molar-refractivity contribution in [3.63, 3.8) is 0 Å². The van der Waals surface area contributed by atoms with Crippen LogP contribution >= 0.6 is 0 Å². The first kappa shape index (κ1) is 8.78. The number of fused-ring (bicyclic) bond motifs is 1. The molecule has 0 aromatic carbocycles. The lowest BCUT2D eigenvalue weighted by Crippen LogP contribution is -2.28. The van der Waals surface area contributed by atoms with E-state index in [-0.39, 0.29) is 5.75 Å². The number of hydrazine groups is 1. The number of aromatic nitrogens is 2. The molecule has 16 heavy (non-hydrogen) atoms. The molecule has 3 heterocycles. The van der Waals surface area contributed by atoms with Gasteiger partial charge in [-0.15, -0.1) is 5.17 Å². The van der Waals surface area contributed by atoms with Crippen molar-refractivity contribution in [3.8, 4) is 5.75 Å². The third kappa shape index (κ3) is 1.20. The zero-order valence-electron chi connectivity index (χ0n) is 8.16. The Morgan fingerprint density at radius 1 is 1.38 bits per heavy atom. The van der Waals surface area contributed by atoms with E-state index < -0.39 is 0 Å². The van der Waals surface area contributed by atoms with Crippen molar-refractivity contribution >= 4 is 16.6 Å². The van der Waals surface area contributed by atoms with Crippen LogP contribution in [0.5, 0.6) is 5.75 Å². The highest BCUT2D eigenvalue weighted by Gasteiger charge is 2.14. The van der Waals surface area contributed by atoms with Gasteiger partial charge in [0.15, 0.2) is 5.75 Å². The summed E-state index contributed by atoms with van der Waals surface area (Å²) in [4.78, 5) is 13.2. The number of aromatic hydroxyl groups is 1. The average Bonchev–Trinajstić information content (AvgIpc) is 2.82. The highest BCUT2D eigenvalue weighted by molar-refractivity contribution is 5.93. The molecule has 0 aliphatic carbocycles. The Labute approximate surface area is 90.7 Å². The van der Waals surface area contributed by atoms with Gasteiger partial charge >= 0.3 is 0 Å². The quantitative estimate of drug-likeness (QED) is 0.742. The molecule has 0 fully saturated rings. The summed E-state index contributed by atoms with van der Waals surface area (Å²) in [7, 11) is 0. The molecule has 2 aromatic heterocycles. The van der Waals surface area contributed by atoms with Crippen molar-refractivity contribution < 1.29 is 9.94 Å². The third-order valence-electron chi connectivity index (χ3n) is 2.26. The van der Waals surface area contributed by atoms with Crippen LogP contribution in [0, 0.1) is 0 Å². The van der Waals surface area contributed by atoms with E-state index in [0.29, 0.717) is 10.9 Å². The van der Waals surface area contributed by atoms with Crippen LogP contribution in [0.4, 0.5) is 5.69 Å². The molecule has 0 radical (unpaired) electrons. The van der Waals surface area contributed by atoms with Gasteiger partial charge in [-0.2, -0.15) is 0 Å². The van der Waals surface area contributed by atoms with Crippen LogP contribution in [-0.4, -0.2) is 15.1 Å². The molecule has 1 aliphatic heterocycles. The molecule has 0 saturated carbocycles. The number of hydrogen-bond donors (Lipinski definition) is 2. The van der Waals surface area contributed by atoms with Gasteiger partial charge in [0.2, 0.25) is 0 Å². The van der Waals surface area contributed by atoms with Crippen molar-refractivity contribution in [1.29, 1.82) is 0 Å². The maximum absolute atomic E-state index is 9.62. The fraction of sp³-hybridized carbons (Fsp3) is 0. The second-order valence-electron chi connectivity index (χ2n) is 3.22. The standard InChI is InChI=1S/C10H8N4O2/c15-9-6-11-5-7-8(1-2-12-10(7)9)14-13-3-4-16-14/h1-6,13,15H. The van der Waals surface area contributed by atoms with Gasteiger partial charge in [0.1, 0.15) is 17.5 Å². The minimum absolute atomic E-state index is 0.0477. The van der Waals surface area contributed by atoms with E-state index in [1.807, 2.05) is 0 Å². The minimum Gasteiger partial charge on any atom is -0.504 e. The summed E-state index contributed by atoms with van der Waals surface area (Å²) in [6.07, 6.45) is 7.75. The van der Waals surface area contributed by atoms with Gasteiger partial charge in [-0.05, 0) is 6.07 Å². The predicted octanol–water partition coefficient (Wildman–Crippen LogP) is 1.06. The second kappa shape index (κ2) is 3.27. The van der Waals surface area contributed by atoms with Crippen LogP contribution in [0.15, 0.2) is 37.1 Å². The van der Waals surface area contributed by atoms with E-state index in [4.69, 9.17) is 4.84 Å². The van der Waals surface area contributed by atoms with Crippen LogP contribution in [0.3, 0.4) is 0 Å². The minimum atomic E-state index is 0.0477. The van der Waals surface area contributed by atoms with Gasteiger partial charge in [0, 0.05) is 12.4 Å². The van der Waals surface area contributed by atoms with Crippen LogP contribution in [-0.2, 0) is 4.84 Å². The van der Waals surface area contributed by atoms with Gasteiger partial charge in [0.25, 0.3) is 0 Å². The van der Waals surface area contributed by atoms with Crippen molar-refractivity contribution in [2.75, 3.05) is 5.17 Å². The third-order valence-corrected chi connectivity index (χ3v) is 2.26. The molecule has 80 valence electrons. The molecule has 0 spiro atoms. The molecule has 2 N–H and O–H groups in total. The Morgan fingerprint density at radius 3 is 3.12 bits per heavy atom. The Bertz CT molecular complexity index is 562. The second-order valence-corrected chi connectivity index (χ2v) is 3.22. The van der Waals surface area contributed by atoms with Gasteiger partial charge in [-0.3, -0.25) is 15.4 Å². The molecule has 0 bridgehead atoms. The lowest BCUT2D eigenvalue weighted by molar-refractivity contribution is 0.222. The molecular formula is C10H8N4O2. The number of pyridine rings is 2. The summed E-state index contributed by atoms with van der Waals surface area (Å²) in [6.45, 7) is 0. The lowest BCUT2D eigenvalue weighted by Gasteiger charge is -2.17. The Hall–Kier alpha value is -2.50. The van der Waals surface area contributed by atoms with E-state index in [1.54, 1.807) is 24.7 Å². The lowest BCUT2D eigenvalue weighted by atomic mass is 10.2. The summed E-state index contributed by atoms with van der Waals surface area (Å²) in [5, 5.41) is 11.8. The van der Waals surface area contributed by atoms with Crippen LogP contribution in [0.2, 0.25) is 0 Å². The fourth-order valence-electron chi connectivity index (χ4n) is 1.56. The van der Waals surface area contributed by atoms with Crippen molar-refractivity contribution in [2.45, 2.75) is 0 Å². The number of rotatable bonds is 1. The zero-order chi connectivity index (χ0) is 11.0. The topological polar surface area (TPSA) is 70.5 Å². The number of nitrogens with one attached hydrogen (secondary N) is 1. The summed E-state index contributed by atoms with van der Waals surface area (Å²) in [5.74, 6) is 0.0477. The molecular weight excluding hydrogens is 208 g/mol. The van der Waals surface area contributed by atoms with E-state index in [2.05, 4.69) is 15.4 Å². The number of anilines is 1. The van der Waals surface area contributed by atoms with E-state index in [9.17, 15) is 5.11 Å². The SMILES string of the molecule is Oc1cncc2c(N3NC=CO3)ccnc12. The molecule has 0 saturated heterocycles. The monoisotopic (exact) mass is 216 g/mol. The van der Waals surface area contributed by atoms with Gasteiger partial charge < -0.3 is 9.94 Å². The highest BCUT2D eigenvalue weighted by Crippen LogP contribution is 2.29. The van der Waals surface area contributed by atoms with Crippen LogP contribution < -0.4 is 10.6 Å². The molecule has 6 nitrogen and oxygen atoms in total. The summed E-state index contributed by atoms with van der Waals surface area (Å²) in [6, 6.07) is 1.77. The first-order valence-corrected chi connectivity index (χ1v) is 4.66. The largest absolute Gasteiger partial charge is 0.504 e. The number of hydrogen-bond acceptors (Lipinski definition) is 6. The van der Waals surface area contributed by atoms with Crippen LogP contribution in [0.1, 0.15) is 0 Å². The van der Waals surface area contributed by atoms with Gasteiger partial charge in [-0.1, -0.05) is 0 Å². The first-order valence-electron chi connectivity index (χ1n) is 4.66. The average molecular weight is 216 g/mol. The van der Waals surface area contributed by atoms with E-state index in [0.717, 1.165) is 5.69 Å². The Morgan fingerprint density at radius 2 is 2.31 bits per heavy atom. The number of nitrogens with zero attached hydrogens (tertiary/aromatic N) is 3. The maximum atomic E-state index is 9.62. The predicted molar refractivity (Wildman–Crippen MR) is 57.0 cm³/mol. The summed E-state index contributed by atoms with van der Waals surface area (Å²) in [5.41, 5.74) is 4.10. The van der Waals surface area contributed by atoms with Gasteiger partial charge in [0.05, 0.1) is 17.8 Å². The molecule has 6 heteroatoms. The smallest absolute Gasteiger partial charge is 0.160 e. The molecule has 0 atom stereocenters. The summed E-state index contributed by atoms with van der Waals surface area (Å²) >= 11 is 0. The van der Waals surface area contributed by atoms with Crippen LogP contribution in [0.25, 0.3) is 10.9 Å². The highest BCUT2D eigenvalue weighted by atomic mass is 16.7. The maximum Gasteiger partial charge on any atom is 0.160 e. The molecule has 0 unspecified atom stereocenters. The zero-order valence-corrected chi connectivity index (χ0v) is 8.16. The van der Waals surface area contributed by atoms with E-state index >= 15 is 0 Å². The normalized spacial score (nSPS) is 13.9. The molecule has 0 amide bonds. The Kier molecular flexibility index (Phi) is 1.79. The summed E-state index contributed by atoms with van der Waals surface area (Å²) < 4.78 is 0. The Balaban J connectivity index is 2.21. The molecule has 2 aromatic rings. The van der Waals surface area contributed by atoms with Crippen molar-refractivity contribution in [1.82, 2.24) is 15.4 Å². The molecule has 1 aliphatic rings. The van der Waals surface area contributed by atoms with Crippen molar-refractivity contribution in [2.24, 2.45) is 0 Å². The fourth-order valence-corrected chi connectivity index (χ4v) is 1.56. The van der Waals surface area contributed by atoms with Gasteiger partial charge in [-0.25, -0.2) is 0 Å². The van der Waals surface area contributed by atoms with E-state index in [1.165, 1.54) is 17.6 Å².